The van der Waals surface area contributed by atoms with Crippen molar-refractivity contribution in [3.63, 3.8) is 0 Å². The molecule has 0 spiro atoms. The highest BCUT2D eigenvalue weighted by molar-refractivity contribution is 5.82. The first-order valence-electron chi connectivity index (χ1n) is 6.02. The van der Waals surface area contributed by atoms with Crippen LogP contribution < -0.4 is 0 Å². The van der Waals surface area contributed by atoms with Crippen molar-refractivity contribution in [1.82, 2.24) is 9.55 Å². The molecule has 0 aliphatic rings. The second-order valence-electron chi connectivity index (χ2n) is 4.28. The SMILES string of the molecule is CCn1[c]nc2cc(F)c(-c3ccc(F)cc3)cc21. The summed E-state index contributed by atoms with van der Waals surface area (Å²) in [6.45, 7) is 2.68. The molecule has 0 saturated heterocycles. The molecule has 0 atom stereocenters. The van der Waals surface area contributed by atoms with E-state index in [4.69, 9.17) is 0 Å². The third-order valence-electron chi connectivity index (χ3n) is 3.12. The van der Waals surface area contributed by atoms with E-state index in [1.165, 1.54) is 18.2 Å². The number of hydrogen-bond acceptors (Lipinski definition) is 1. The number of aromatic nitrogens is 2. The largest absolute Gasteiger partial charge is 0.322 e. The van der Waals surface area contributed by atoms with Crippen LogP contribution in [0.5, 0.6) is 0 Å². The topological polar surface area (TPSA) is 17.8 Å². The molecule has 0 bridgehead atoms. The van der Waals surface area contributed by atoms with E-state index in [-0.39, 0.29) is 11.6 Å². The molecule has 19 heavy (non-hydrogen) atoms. The Morgan fingerprint density at radius 2 is 1.89 bits per heavy atom. The van der Waals surface area contributed by atoms with Crippen LogP contribution in [0.15, 0.2) is 36.4 Å². The van der Waals surface area contributed by atoms with Crippen LogP contribution in [0.3, 0.4) is 0 Å². The summed E-state index contributed by atoms with van der Waals surface area (Å²) in [5.41, 5.74) is 2.48. The fourth-order valence-corrected chi connectivity index (χ4v) is 2.12. The average Bonchev–Trinajstić information content (AvgIpc) is 2.81. The Morgan fingerprint density at radius 3 is 2.58 bits per heavy atom. The molecule has 2 nitrogen and oxygen atoms in total. The fourth-order valence-electron chi connectivity index (χ4n) is 2.12. The van der Waals surface area contributed by atoms with Gasteiger partial charge in [0.05, 0.1) is 11.0 Å². The number of rotatable bonds is 2. The minimum Gasteiger partial charge on any atom is -0.322 e. The molecule has 1 heterocycles. The Morgan fingerprint density at radius 1 is 1.16 bits per heavy atom. The van der Waals surface area contributed by atoms with Crippen LogP contribution in [-0.4, -0.2) is 9.55 Å². The summed E-state index contributed by atoms with van der Waals surface area (Å²) < 4.78 is 28.8. The molecule has 0 aliphatic heterocycles. The summed E-state index contributed by atoms with van der Waals surface area (Å²) in [5, 5.41) is 0. The average molecular weight is 257 g/mol. The molecule has 0 N–H and O–H groups in total. The molecule has 1 radical (unpaired) electrons. The van der Waals surface area contributed by atoms with Gasteiger partial charge in [-0.1, -0.05) is 12.1 Å². The van der Waals surface area contributed by atoms with Crippen LogP contribution in [-0.2, 0) is 6.54 Å². The van der Waals surface area contributed by atoms with Crippen molar-refractivity contribution >= 4 is 11.0 Å². The van der Waals surface area contributed by atoms with Gasteiger partial charge in [0.25, 0.3) is 0 Å². The van der Waals surface area contributed by atoms with E-state index < -0.39 is 0 Å². The summed E-state index contributed by atoms with van der Waals surface area (Å²) in [6.07, 6.45) is 2.82. The molecule has 4 heteroatoms. The van der Waals surface area contributed by atoms with Crippen LogP contribution in [0.2, 0.25) is 0 Å². The van der Waals surface area contributed by atoms with Crippen molar-refractivity contribution in [3.8, 4) is 11.1 Å². The highest BCUT2D eigenvalue weighted by Gasteiger charge is 2.10. The van der Waals surface area contributed by atoms with Gasteiger partial charge in [-0.05, 0) is 30.7 Å². The van der Waals surface area contributed by atoms with Crippen molar-refractivity contribution < 1.29 is 8.78 Å². The van der Waals surface area contributed by atoms with Crippen molar-refractivity contribution in [2.75, 3.05) is 0 Å². The highest BCUT2D eigenvalue weighted by Crippen LogP contribution is 2.27. The highest BCUT2D eigenvalue weighted by atomic mass is 19.1. The van der Waals surface area contributed by atoms with Gasteiger partial charge in [0.2, 0.25) is 0 Å². The molecule has 0 aliphatic carbocycles. The lowest BCUT2D eigenvalue weighted by molar-refractivity contribution is 0.626. The molecular weight excluding hydrogens is 246 g/mol. The van der Waals surface area contributed by atoms with Gasteiger partial charge in [-0.3, -0.25) is 0 Å². The predicted molar refractivity (Wildman–Crippen MR) is 69.6 cm³/mol. The number of benzene rings is 2. The van der Waals surface area contributed by atoms with Crippen molar-refractivity contribution in [2.45, 2.75) is 13.5 Å². The van der Waals surface area contributed by atoms with E-state index in [0.717, 1.165) is 5.52 Å². The molecule has 0 fully saturated rings. The van der Waals surface area contributed by atoms with Crippen LogP contribution in [0, 0.1) is 18.0 Å². The quantitative estimate of drug-likeness (QED) is 0.682. The van der Waals surface area contributed by atoms with Gasteiger partial charge in [0.1, 0.15) is 11.6 Å². The van der Waals surface area contributed by atoms with Crippen LogP contribution >= 0.6 is 0 Å². The van der Waals surface area contributed by atoms with Crippen LogP contribution in [0.4, 0.5) is 8.78 Å². The molecule has 3 rings (SSSR count). The molecule has 1 aromatic heterocycles. The zero-order valence-corrected chi connectivity index (χ0v) is 10.3. The second-order valence-corrected chi connectivity index (χ2v) is 4.28. The molecular formula is C15H11F2N2. The minimum absolute atomic E-state index is 0.336. The number of hydrogen-bond donors (Lipinski definition) is 0. The summed E-state index contributed by atoms with van der Waals surface area (Å²) in [4.78, 5) is 4.04. The molecule has 0 unspecified atom stereocenters. The normalized spacial score (nSPS) is 11.1. The Hall–Kier alpha value is -2.23. The molecule has 95 valence electrons. The van der Waals surface area contributed by atoms with Gasteiger partial charge in [-0.2, -0.15) is 0 Å². The number of imidazole rings is 1. The number of halogens is 2. The van der Waals surface area contributed by atoms with Gasteiger partial charge in [-0.15, -0.1) is 0 Å². The maximum atomic E-state index is 14.1. The monoisotopic (exact) mass is 257 g/mol. The predicted octanol–water partition coefficient (Wildman–Crippen LogP) is 3.80. The zero-order valence-electron chi connectivity index (χ0n) is 10.3. The van der Waals surface area contributed by atoms with Gasteiger partial charge in [0, 0.05) is 18.2 Å². The Labute approximate surface area is 109 Å². The standard InChI is InChI=1S/C15H11F2N2/c1-2-19-9-18-14-8-13(17)12(7-15(14)19)10-3-5-11(16)6-4-10/h3-8H,2H2,1H3. The third kappa shape index (κ3) is 1.99. The molecule has 0 saturated carbocycles. The third-order valence-corrected chi connectivity index (χ3v) is 3.12. The summed E-state index contributed by atoms with van der Waals surface area (Å²) in [7, 11) is 0. The van der Waals surface area contributed by atoms with Crippen molar-refractivity contribution in [1.29, 1.82) is 0 Å². The van der Waals surface area contributed by atoms with E-state index in [1.807, 2.05) is 11.5 Å². The zero-order chi connectivity index (χ0) is 13.4. The van der Waals surface area contributed by atoms with Gasteiger partial charge in [-0.25, -0.2) is 13.8 Å². The lowest BCUT2D eigenvalue weighted by Crippen LogP contribution is -1.93. The smallest absolute Gasteiger partial charge is 0.177 e. The van der Waals surface area contributed by atoms with E-state index in [1.54, 1.807) is 18.2 Å². The summed E-state index contributed by atoms with van der Waals surface area (Å²) >= 11 is 0. The van der Waals surface area contributed by atoms with Crippen molar-refractivity contribution in [3.05, 3.63) is 54.4 Å². The number of nitrogens with zero attached hydrogens (tertiary/aromatic N) is 2. The maximum Gasteiger partial charge on any atom is 0.177 e. The fraction of sp³-hybridized carbons (Fsp3) is 0.133. The Kier molecular flexibility index (Phi) is 2.78. The second kappa shape index (κ2) is 4.46. The maximum absolute atomic E-state index is 14.1. The number of fused-ring (bicyclic) bond motifs is 1. The summed E-state index contributed by atoms with van der Waals surface area (Å²) in [6, 6.07) is 8.89. The summed E-state index contributed by atoms with van der Waals surface area (Å²) in [5.74, 6) is -0.703. The Balaban J connectivity index is 2.22. The first kappa shape index (κ1) is 11.8. The van der Waals surface area contributed by atoms with Gasteiger partial charge >= 0.3 is 0 Å². The van der Waals surface area contributed by atoms with Gasteiger partial charge < -0.3 is 4.57 Å². The van der Waals surface area contributed by atoms with E-state index in [0.29, 0.717) is 23.2 Å². The molecule has 3 aromatic rings. The molecule has 2 aromatic carbocycles. The molecule has 0 amide bonds. The first-order chi connectivity index (χ1) is 9.19. The first-order valence-corrected chi connectivity index (χ1v) is 6.02. The van der Waals surface area contributed by atoms with Crippen molar-refractivity contribution in [2.24, 2.45) is 0 Å². The number of aryl methyl sites for hydroxylation is 1. The van der Waals surface area contributed by atoms with Crippen LogP contribution in [0.25, 0.3) is 22.2 Å². The lowest BCUT2D eigenvalue weighted by Gasteiger charge is -2.05. The van der Waals surface area contributed by atoms with Gasteiger partial charge in [0.15, 0.2) is 6.33 Å². The lowest BCUT2D eigenvalue weighted by atomic mass is 10.0. The Bertz CT molecular complexity index is 730. The minimum atomic E-state index is -0.367. The van der Waals surface area contributed by atoms with E-state index in [9.17, 15) is 8.78 Å². The van der Waals surface area contributed by atoms with Crippen LogP contribution in [0.1, 0.15) is 6.92 Å². The van der Waals surface area contributed by atoms with E-state index in [2.05, 4.69) is 11.3 Å². The van der Waals surface area contributed by atoms with E-state index >= 15 is 0 Å².